The summed E-state index contributed by atoms with van der Waals surface area (Å²) in [6.45, 7) is 10.7. The Morgan fingerprint density at radius 1 is 1.00 bits per heavy atom. The van der Waals surface area contributed by atoms with Crippen LogP contribution in [0.2, 0.25) is 0 Å². The first-order valence-electron chi connectivity index (χ1n) is 5.83. The Morgan fingerprint density at radius 2 is 1.73 bits per heavy atom. The standard InChI is InChI=1S/C14H20O/c1-9(2)12-6-5-11-7-15-8-13(11)14(12)10(3)4/h5-6,9-10H,7-8H2,1-4H3. The predicted octanol–water partition coefficient (Wildman–Crippen LogP) is 3.96. The molecule has 0 fully saturated rings. The number of ether oxygens (including phenoxy) is 1. The lowest BCUT2D eigenvalue weighted by Gasteiger charge is -2.19. The molecule has 82 valence electrons. The zero-order chi connectivity index (χ0) is 11.0. The maximum absolute atomic E-state index is 5.54. The lowest BCUT2D eigenvalue weighted by molar-refractivity contribution is 0.134. The minimum Gasteiger partial charge on any atom is -0.372 e. The van der Waals surface area contributed by atoms with Crippen LogP contribution in [0.15, 0.2) is 12.1 Å². The summed E-state index contributed by atoms with van der Waals surface area (Å²) in [5.74, 6) is 1.20. The fraction of sp³-hybridized carbons (Fsp3) is 0.571. The van der Waals surface area contributed by atoms with Gasteiger partial charge in [-0.2, -0.15) is 0 Å². The molecular formula is C14H20O. The summed E-state index contributed by atoms with van der Waals surface area (Å²) in [7, 11) is 0. The molecule has 0 radical (unpaired) electrons. The number of fused-ring (bicyclic) bond motifs is 1. The third kappa shape index (κ3) is 1.81. The van der Waals surface area contributed by atoms with Gasteiger partial charge in [-0.05, 0) is 34.1 Å². The highest BCUT2D eigenvalue weighted by Crippen LogP contribution is 2.34. The molecule has 0 spiro atoms. The Balaban J connectivity index is 2.58. The normalized spacial score (nSPS) is 15.1. The van der Waals surface area contributed by atoms with Crippen LogP contribution in [0.1, 0.15) is 61.8 Å². The SMILES string of the molecule is CC(C)c1ccc2c(c1C(C)C)COC2. The number of rotatable bonds is 2. The van der Waals surface area contributed by atoms with Gasteiger partial charge in [0.05, 0.1) is 13.2 Å². The van der Waals surface area contributed by atoms with Gasteiger partial charge in [-0.1, -0.05) is 39.8 Å². The average Bonchev–Trinajstić information content (AvgIpc) is 2.62. The second-order valence-electron chi connectivity index (χ2n) is 5.01. The van der Waals surface area contributed by atoms with E-state index in [0.29, 0.717) is 11.8 Å². The summed E-state index contributed by atoms with van der Waals surface area (Å²) >= 11 is 0. The molecule has 1 aromatic carbocycles. The van der Waals surface area contributed by atoms with Crippen LogP contribution in [-0.4, -0.2) is 0 Å². The minimum atomic E-state index is 0.596. The van der Waals surface area contributed by atoms with E-state index >= 15 is 0 Å². The summed E-state index contributed by atoms with van der Waals surface area (Å²) in [4.78, 5) is 0. The zero-order valence-electron chi connectivity index (χ0n) is 10.1. The van der Waals surface area contributed by atoms with Crippen molar-refractivity contribution in [2.24, 2.45) is 0 Å². The summed E-state index contributed by atoms with van der Waals surface area (Å²) in [6.07, 6.45) is 0. The molecule has 0 aromatic heterocycles. The van der Waals surface area contributed by atoms with E-state index in [0.717, 1.165) is 13.2 Å². The first-order chi connectivity index (χ1) is 7.11. The van der Waals surface area contributed by atoms with Gasteiger partial charge in [-0.25, -0.2) is 0 Å². The topological polar surface area (TPSA) is 9.23 Å². The Bertz CT molecular complexity index is 364. The molecule has 0 unspecified atom stereocenters. The van der Waals surface area contributed by atoms with Crippen molar-refractivity contribution in [1.82, 2.24) is 0 Å². The predicted molar refractivity (Wildman–Crippen MR) is 63.1 cm³/mol. The van der Waals surface area contributed by atoms with Crippen molar-refractivity contribution in [3.8, 4) is 0 Å². The van der Waals surface area contributed by atoms with E-state index < -0.39 is 0 Å². The van der Waals surface area contributed by atoms with Crippen LogP contribution in [0.25, 0.3) is 0 Å². The number of hydrogen-bond acceptors (Lipinski definition) is 1. The lowest BCUT2D eigenvalue weighted by atomic mass is 9.85. The van der Waals surface area contributed by atoms with E-state index in [4.69, 9.17) is 4.74 Å². The molecule has 1 heteroatoms. The molecule has 0 saturated carbocycles. The largest absolute Gasteiger partial charge is 0.372 e. The Labute approximate surface area is 92.5 Å². The van der Waals surface area contributed by atoms with E-state index in [9.17, 15) is 0 Å². The van der Waals surface area contributed by atoms with Crippen molar-refractivity contribution in [2.45, 2.75) is 52.7 Å². The van der Waals surface area contributed by atoms with Crippen LogP contribution in [0.4, 0.5) is 0 Å². The smallest absolute Gasteiger partial charge is 0.0727 e. The van der Waals surface area contributed by atoms with Crippen LogP contribution in [0.5, 0.6) is 0 Å². The van der Waals surface area contributed by atoms with Gasteiger partial charge in [0.2, 0.25) is 0 Å². The molecule has 0 amide bonds. The quantitative estimate of drug-likeness (QED) is 0.708. The van der Waals surface area contributed by atoms with Crippen LogP contribution in [0.3, 0.4) is 0 Å². The molecule has 0 N–H and O–H groups in total. The first-order valence-corrected chi connectivity index (χ1v) is 5.83. The molecule has 0 aliphatic carbocycles. The number of benzene rings is 1. The third-order valence-electron chi connectivity index (χ3n) is 3.19. The minimum absolute atomic E-state index is 0.596. The van der Waals surface area contributed by atoms with Gasteiger partial charge in [0.1, 0.15) is 0 Å². The Hall–Kier alpha value is -0.820. The molecule has 1 aliphatic rings. The van der Waals surface area contributed by atoms with Crippen LogP contribution in [-0.2, 0) is 18.0 Å². The van der Waals surface area contributed by atoms with E-state index in [2.05, 4.69) is 39.8 Å². The fourth-order valence-corrected chi connectivity index (χ4v) is 2.48. The van der Waals surface area contributed by atoms with E-state index in [1.807, 2.05) is 0 Å². The summed E-state index contributed by atoms with van der Waals surface area (Å²) in [5, 5.41) is 0. The number of hydrogen-bond donors (Lipinski definition) is 0. The Kier molecular flexibility index (Phi) is 2.83. The van der Waals surface area contributed by atoms with Crippen molar-refractivity contribution in [1.29, 1.82) is 0 Å². The maximum Gasteiger partial charge on any atom is 0.0727 e. The average molecular weight is 204 g/mol. The summed E-state index contributed by atoms with van der Waals surface area (Å²) in [5.41, 5.74) is 5.87. The highest BCUT2D eigenvalue weighted by Gasteiger charge is 2.21. The van der Waals surface area contributed by atoms with Crippen molar-refractivity contribution in [3.63, 3.8) is 0 Å². The van der Waals surface area contributed by atoms with E-state index in [1.54, 1.807) is 0 Å². The van der Waals surface area contributed by atoms with Gasteiger partial charge in [0.15, 0.2) is 0 Å². The first kappa shape index (κ1) is 10.7. The molecule has 0 bridgehead atoms. The van der Waals surface area contributed by atoms with Crippen molar-refractivity contribution in [3.05, 3.63) is 34.4 Å². The van der Waals surface area contributed by atoms with Crippen LogP contribution < -0.4 is 0 Å². The van der Waals surface area contributed by atoms with Crippen LogP contribution in [0, 0.1) is 0 Å². The van der Waals surface area contributed by atoms with Gasteiger partial charge in [-0.3, -0.25) is 0 Å². The maximum atomic E-state index is 5.54. The zero-order valence-corrected chi connectivity index (χ0v) is 10.1. The van der Waals surface area contributed by atoms with E-state index in [-0.39, 0.29) is 0 Å². The molecule has 1 aromatic rings. The van der Waals surface area contributed by atoms with Crippen molar-refractivity contribution >= 4 is 0 Å². The van der Waals surface area contributed by atoms with Gasteiger partial charge in [0.25, 0.3) is 0 Å². The fourth-order valence-electron chi connectivity index (χ4n) is 2.48. The summed E-state index contributed by atoms with van der Waals surface area (Å²) in [6, 6.07) is 4.52. The van der Waals surface area contributed by atoms with Crippen molar-refractivity contribution in [2.75, 3.05) is 0 Å². The molecule has 2 rings (SSSR count). The molecule has 1 heterocycles. The van der Waals surface area contributed by atoms with Crippen LogP contribution >= 0.6 is 0 Å². The second kappa shape index (κ2) is 3.97. The highest BCUT2D eigenvalue weighted by atomic mass is 16.5. The second-order valence-corrected chi connectivity index (χ2v) is 5.01. The van der Waals surface area contributed by atoms with Gasteiger partial charge >= 0.3 is 0 Å². The van der Waals surface area contributed by atoms with Crippen molar-refractivity contribution < 1.29 is 4.74 Å². The monoisotopic (exact) mass is 204 g/mol. The lowest BCUT2D eigenvalue weighted by Crippen LogP contribution is -2.03. The van der Waals surface area contributed by atoms with Gasteiger partial charge in [-0.15, -0.1) is 0 Å². The highest BCUT2D eigenvalue weighted by molar-refractivity contribution is 5.45. The molecule has 15 heavy (non-hydrogen) atoms. The van der Waals surface area contributed by atoms with E-state index in [1.165, 1.54) is 22.3 Å². The molecule has 1 nitrogen and oxygen atoms in total. The summed E-state index contributed by atoms with van der Waals surface area (Å²) < 4.78 is 5.54. The molecular weight excluding hydrogens is 184 g/mol. The molecule has 0 saturated heterocycles. The molecule has 1 aliphatic heterocycles. The van der Waals surface area contributed by atoms with Gasteiger partial charge < -0.3 is 4.74 Å². The third-order valence-corrected chi connectivity index (χ3v) is 3.19. The van der Waals surface area contributed by atoms with Gasteiger partial charge in [0, 0.05) is 0 Å². The molecule has 0 atom stereocenters. The Morgan fingerprint density at radius 3 is 2.33 bits per heavy atom.